The highest BCUT2D eigenvalue weighted by Crippen LogP contribution is 2.26. The van der Waals surface area contributed by atoms with E-state index in [9.17, 15) is 4.79 Å². The first-order valence-electron chi connectivity index (χ1n) is 7.91. The number of hydrogen-bond acceptors (Lipinski definition) is 2. The van der Waals surface area contributed by atoms with E-state index in [-0.39, 0.29) is 12.1 Å². The smallest absolute Gasteiger partial charge is 0.255 e. The van der Waals surface area contributed by atoms with Crippen molar-refractivity contribution in [2.45, 2.75) is 25.4 Å². The number of carbonyl (C=O) groups excluding carboxylic acids is 1. The second kappa shape index (κ2) is 6.65. The fourth-order valence-electron chi connectivity index (χ4n) is 3.16. The molecule has 1 saturated heterocycles. The van der Waals surface area contributed by atoms with Gasteiger partial charge in [0.2, 0.25) is 0 Å². The van der Waals surface area contributed by atoms with Crippen molar-refractivity contribution in [2.75, 3.05) is 18.5 Å². The molecule has 0 aliphatic carbocycles. The Balaban J connectivity index is 1.83. The predicted molar refractivity (Wildman–Crippen MR) is 90.0 cm³/mol. The van der Waals surface area contributed by atoms with Crippen LogP contribution in [0.2, 0.25) is 0 Å². The second-order valence-electron chi connectivity index (χ2n) is 5.79. The zero-order valence-electron chi connectivity index (χ0n) is 13.0. The molecule has 3 heteroatoms. The summed E-state index contributed by atoms with van der Waals surface area (Å²) in [5.41, 5.74) is 1.95. The molecule has 0 bridgehead atoms. The number of hydrogen-bond donors (Lipinski definition) is 0. The Kier molecular flexibility index (Phi) is 4.42. The van der Waals surface area contributed by atoms with E-state index in [0.717, 1.165) is 18.5 Å². The highest BCUT2D eigenvalue weighted by molar-refractivity contribution is 5.94. The lowest BCUT2D eigenvalue weighted by Gasteiger charge is -2.42. The first-order chi connectivity index (χ1) is 10.8. The monoisotopic (exact) mass is 294 g/mol. The summed E-state index contributed by atoms with van der Waals surface area (Å²) in [4.78, 5) is 17.0. The molecule has 0 radical (unpaired) electrons. The van der Waals surface area contributed by atoms with Gasteiger partial charge in [-0.05, 0) is 43.5 Å². The number of anilines is 1. The van der Waals surface area contributed by atoms with Gasteiger partial charge in [0.1, 0.15) is 6.17 Å². The van der Waals surface area contributed by atoms with Gasteiger partial charge in [-0.2, -0.15) is 0 Å². The van der Waals surface area contributed by atoms with Crippen LogP contribution < -0.4 is 4.90 Å². The normalized spacial score (nSPS) is 18.0. The quantitative estimate of drug-likeness (QED) is 0.860. The van der Waals surface area contributed by atoms with E-state index in [2.05, 4.69) is 29.2 Å². The van der Waals surface area contributed by atoms with E-state index in [0.29, 0.717) is 0 Å². The summed E-state index contributed by atoms with van der Waals surface area (Å²) in [5.74, 6) is 0.0911. The molecule has 114 valence electrons. The highest BCUT2D eigenvalue weighted by Gasteiger charge is 2.29. The van der Waals surface area contributed by atoms with Gasteiger partial charge in [-0.1, -0.05) is 36.4 Å². The average Bonchev–Trinajstić information content (AvgIpc) is 2.62. The Morgan fingerprint density at radius 3 is 2.32 bits per heavy atom. The van der Waals surface area contributed by atoms with E-state index < -0.39 is 0 Å². The van der Waals surface area contributed by atoms with Crippen molar-refractivity contribution < 1.29 is 4.79 Å². The molecule has 1 unspecified atom stereocenters. The molecule has 1 atom stereocenters. The van der Waals surface area contributed by atoms with E-state index in [4.69, 9.17) is 0 Å². The summed E-state index contributed by atoms with van der Waals surface area (Å²) in [6.07, 6.45) is 3.49. The van der Waals surface area contributed by atoms with Gasteiger partial charge in [-0.25, -0.2) is 0 Å². The molecule has 1 aliphatic heterocycles. The maximum Gasteiger partial charge on any atom is 0.255 e. The second-order valence-corrected chi connectivity index (χ2v) is 5.79. The number of nitrogens with zero attached hydrogens (tertiary/aromatic N) is 2. The third-order valence-electron chi connectivity index (χ3n) is 4.35. The van der Waals surface area contributed by atoms with E-state index in [1.54, 1.807) is 0 Å². The Bertz CT molecular complexity index is 612. The predicted octanol–water partition coefficient (Wildman–Crippen LogP) is 3.78. The maximum absolute atomic E-state index is 12.7. The standard InChI is InChI=1S/C19H22N2O/c1-20(19(22)16-10-4-2-5-11-16)18-14-8-9-15-21(18)17-12-6-3-7-13-17/h2-7,10-13,18H,8-9,14-15H2,1H3. The van der Waals surface area contributed by atoms with Gasteiger partial charge in [0.25, 0.3) is 5.91 Å². The summed E-state index contributed by atoms with van der Waals surface area (Å²) in [7, 11) is 1.92. The van der Waals surface area contributed by atoms with Crippen LogP contribution in [0.25, 0.3) is 0 Å². The van der Waals surface area contributed by atoms with Crippen molar-refractivity contribution in [3.05, 3.63) is 66.2 Å². The largest absolute Gasteiger partial charge is 0.351 e. The van der Waals surface area contributed by atoms with Crippen LogP contribution in [0.15, 0.2) is 60.7 Å². The first kappa shape index (κ1) is 14.6. The van der Waals surface area contributed by atoms with Gasteiger partial charge in [-0.15, -0.1) is 0 Å². The maximum atomic E-state index is 12.7. The number of piperidine rings is 1. The minimum atomic E-state index is 0.0911. The van der Waals surface area contributed by atoms with Gasteiger partial charge in [-0.3, -0.25) is 4.79 Å². The fourth-order valence-corrected chi connectivity index (χ4v) is 3.16. The third kappa shape index (κ3) is 2.98. The highest BCUT2D eigenvalue weighted by atomic mass is 16.2. The van der Waals surface area contributed by atoms with E-state index in [1.807, 2.05) is 48.3 Å². The Labute approximate surface area is 132 Å². The summed E-state index contributed by atoms with van der Waals surface area (Å²) >= 11 is 0. The molecular formula is C19H22N2O. The fraction of sp³-hybridized carbons (Fsp3) is 0.316. The minimum Gasteiger partial charge on any atom is -0.351 e. The molecule has 2 aromatic rings. The van der Waals surface area contributed by atoms with Crippen LogP contribution in [-0.2, 0) is 0 Å². The molecule has 2 aromatic carbocycles. The molecule has 1 heterocycles. The van der Waals surface area contributed by atoms with Crippen LogP contribution in [0, 0.1) is 0 Å². The molecule has 0 aromatic heterocycles. The molecule has 0 saturated carbocycles. The molecule has 22 heavy (non-hydrogen) atoms. The van der Waals surface area contributed by atoms with Gasteiger partial charge in [0.15, 0.2) is 0 Å². The topological polar surface area (TPSA) is 23.6 Å². The summed E-state index contributed by atoms with van der Waals surface area (Å²) < 4.78 is 0. The first-order valence-corrected chi connectivity index (χ1v) is 7.91. The van der Waals surface area contributed by atoms with Crippen molar-refractivity contribution in [3.63, 3.8) is 0 Å². The van der Waals surface area contributed by atoms with Gasteiger partial charge in [0.05, 0.1) is 0 Å². The van der Waals surface area contributed by atoms with Crippen molar-refractivity contribution in [2.24, 2.45) is 0 Å². The van der Waals surface area contributed by atoms with Crippen LogP contribution in [0.4, 0.5) is 5.69 Å². The van der Waals surface area contributed by atoms with Gasteiger partial charge < -0.3 is 9.80 Å². The van der Waals surface area contributed by atoms with E-state index >= 15 is 0 Å². The summed E-state index contributed by atoms with van der Waals surface area (Å²) in [6.45, 7) is 1.00. The molecule has 3 rings (SSSR count). The van der Waals surface area contributed by atoms with Crippen LogP contribution in [0.1, 0.15) is 29.6 Å². The number of carbonyl (C=O) groups is 1. The lowest BCUT2D eigenvalue weighted by Crippen LogP contribution is -2.51. The Morgan fingerprint density at radius 2 is 1.64 bits per heavy atom. The Hall–Kier alpha value is -2.29. The molecule has 1 amide bonds. The number of para-hydroxylation sites is 1. The third-order valence-corrected chi connectivity index (χ3v) is 4.35. The van der Waals surface area contributed by atoms with Crippen LogP contribution in [0.5, 0.6) is 0 Å². The minimum absolute atomic E-state index is 0.0911. The van der Waals surface area contributed by atoms with Crippen LogP contribution >= 0.6 is 0 Å². The van der Waals surface area contributed by atoms with Crippen LogP contribution in [-0.4, -0.2) is 30.6 Å². The van der Waals surface area contributed by atoms with Crippen molar-refractivity contribution in [3.8, 4) is 0 Å². The molecule has 0 spiro atoms. The van der Waals surface area contributed by atoms with E-state index in [1.165, 1.54) is 18.5 Å². The van der Waals surface area contributed by atoms with Crippen LogP contribution in [0.3, 0.4) is 0 Å². The average molecular weight is 294 g/mol. The molecule has 0 N–H and O–H groups in total. The van der Waals surface area contributed by atoms with Crippen molar-refractivity contribution >= 4 is 11.6 Å². The zero-order chi connectivity index (χ0) is 15.4. The number of amides is 1. The van der Waals surface area contributed by atoms with Crippen molar-refractivity contribution in [1.82, 2.24) is 4.90 Å². The summed E-state index contributed by atoms with van der Waals surface area (Å²) in [6, 6.07) is 19.9. The summed E-state index contributed by atoms with van der Waals surface area (Å²) in [5, 5.41) is 0. The molecule has 1 aliphatic rings. The van der Waals surface area contributed by atoms with Gasteiger partial charge >= 0.3 is 0 Å². The lowest BCUT2D eigenvalue weighted by molar-refractivity contribution is 0.0705. The number of rotatable bonds is 3. The Morgan fingerprint density at radius 1 is 1.00 bits per heavy atom. The molecule has 3 nitrogen and oxygen atoms in total. The van der Waals surface area contributed by atoms with Gasteiger partial charge in [0, 0.05) is 24.8 Å². The molecular weight excluding hydrogens is 272 g/mol. The number of benzene rings is 2. The molecule has 1 fully saturated rings. The van der Waals surface area contributed by atoms with Crippen molar-refractivity contribution in [1.29, 1.82) is 0 Å². The SMILES string of the molecule is CN(C(=O)c1ccccc1)C1CCCCN1c1ccccc1. The zero-order valence-corrected chi connectivity index (χ0v) is 13.0. The lowest BCUT2D eigenvalue weighted by atomic mass is 10.0.